The van der Waals surface area contributed by atoms with Crippen LogP contribution in [0.15, 0.2) is 30.3 Å². The summed E-state index contributed by atoms with van der Waals surface area (Å²) in [5, 5.41) is 0. The first kappa shape index (κ1) is 11.3. The Morgan fingerprint density at radius 3 is 1.86 bits per heavy atom. The van der Waals surface area contributed by atoms with Crippen LogP contribution in [0, 0.1) is 17.8 Å². The molecule has 0 nitrogen and oxygen atoms in total. The lowest BCUT2D eigenvalue weighted by molar-refractivity contribution is 0.496. The van der Waals surface area contributed by atoms with Gasteiger partial charge in [-0.2, -0.15) is 0 Å². The molecule has 0 aliphatic heterocycles. The van der Waals surface area contributed by atoms with Crippen molar-refractivity contribution in [2.75, 3.05) is 0 Å². The fourth-order valence-corrected chi connectivity index (χ4v) is 1.91. The van der Waals surface area contributed by atoms with Crippen LogP contribution < -0.4 is 0 Å². The number of hydrogen-bond donors (Lipinski definition) is 0. The Morgan fingerprint density at radius 2 is 1.43 bits per heavy atom. The average Bonchev–Trinajstić information content (AvgIpc) is 2.15. The van der Waals surface area contributed by atoms with E-state index in [4.69, 9.17) is 0 Å². The van der Waals surface area contributed by atoms with Crippen LogP contribution in [0.4, 0.5) is 0 Å². The third-order valence-electron chi connectivity index (χ3n) is 2.73. The molecule has 1 rings (SSSR count). The molecule has 14 heavy (non-hydrogen) atoms. The van der Waals surface area contributed by atoms with Crippen molar-refractivity contribution in [1.82, 2.24) is 0 Å². The largest absolute Gasteiger partial charge is 0.0622 e. The summed E-state index contributed by atoms with van der Waals surface area (Å²) < 4.78 is 0. The Hall–Kier alpha value is -0.780. The average molecular weight is 189 g/mol. The van der Waals surface area contributed by atoms with E-state index in [2.05, 4.69) is 58.0 Å². The van der Waals surface area contributed by atoms with Gasteiger partial charge < -0.3 is 0 Å². The molecule has 0 bridgehead atoms. The lowest BCUT2D eigenvalue weighted by Crippen LogP contribution is -2.15. The van der Waals surface area contributed by atoms with Gasteiger partial charge in [-0.15, -0.1) is 0 Å². The van der Waals surface area contributed by atoms with Crippen LogP contribution in [0.25, 0.3) is 0 Å². The van der Waals surface area contributed by atoms with Gasteiger partial charge in [-0.25, -0.2) is 0 Å². The summed E-state index contributed by atoms with van der Waals surface area (Å²) in [4.78, 5) is 0. The Balaban J connectivity index is 2.65. The molecule has 1 aromatic carbocycles. The summed E-state index contributed by atoms with van der Waals surface area (Å²) in [5.41, 5.74) is 1.44. The summed E-state index contributed by atoms with van der Waals surface area (Å²) in [6, 6.07) is 10.7. The summed E-state index contributed by atoms with van der Waals surface area (Å²) in [5.74, 6) is 3.03. The summed E-state index contributed by atoms with van der Waals surface area (Å²) in [6.07, 6.45) is 1.14. The normalized spacial score (nSPS) is 11.6. The van der Waals surface area contributed by atoms with E-state index in [9.17, 15) is 0 Å². The zero-order valence-corrected chi connectivity index (χ0v) is 9.75. The maximum atomic E-state index is 2.29. The van der Waals surface area contributed by atoms with Crippen LogP contribution >= 0.6 is 0 Å². The molecule has 0 heteroatoms. The zero-order chi connectivity index (χ0) is 10.6. The van der Waals surface area contributed by atoms with Crippen LogP contribution in [0.1, 0.15) is 33.3 Å². The monoisotopic (exact) mass is 189 g/mol. The molecule has 77 valence electrons. The Labute approximate surface area is 88.4 Å². The van der Waals surface area contributed by atoms with Gasteiger partial charge >= 0.3 is 0 Å². The molecule has 1 radical (unpaired) electrons. The quantitative estimate of drug-likeness (QED) is 0.668. The lowest BCUT2D eigenvalue weighted by Gasteiger charge is -2.24. The smallest absolute Gasteiger partial charge is 0.0146 e. The van der Waals surface area contributed by atoms with Gasteiger partial charge in [-0.1, -0.05) is 58.0 Å². The van der Waals surface area contributed by atoms with E-state index in [0.717, 1.165) is 6.42 Å². The van der Waals surface area contributed by atoms with Gasteiger partial charge in [-0.3, -0.25) is 0 Å². The maximum Gasteiger partial charge on any atom is -0.0146 e. The minimum absolute atomic E-state index is 0.690. The van der Waals surface area contributed by atoms with E-state index in [1.54, 1.807) is 5.92 Å². The van der Waals surface area contributed by atoms with Crippen molar-refractivity contribution in [2.24, 2.45) is 11.8 Å². The van der Waals surface area contributed by atoms with Crippen molar-refractivity contribution in [3.8, 4) is 0 Å². The predicted molar refractivity (Wildman–Crippen MR) is 63.1 cm³/mol. The van der Waals surface area contributed by atoms with E-state index in [1.165, 1.54) is 5.56 Å². The first-order valence-electron chi connectivity index (χ1n) is 5.50. The molecule has 0 spiro atoms. The van der Waals surface area contributed by atoms with E-state index in [0.29, 0.717) is 11.8 Å². The van der Waals surface area contributed by atoms with Gasteiger partial charge in [0.25, 0.3) is 0 Å². The van der Waals surface area contributed by atoms with Gasteiger partial charge in [0, 0.05) is 0 Å². The highest BCUT2D eigenvalue weighted by molar-refractivity contribution is 5.20. The molecule has 0 aliphatic carbocycles. The molecule has 0 heterocycles. The summed E-state index contributed by atoms with van der Waals surface area (Å²) in [6.45, 7) is 9.16. The second-order valence-electron chi connectivity index (χ2n) is 4.55. The molecule has 0 N–H and O–H groups in total. The van der Waals surface area contributed by atoms with Gasteiger partial charge in [-0.05, 0) is 29.7 Å². The molecule has 0 aliphatic rings. The molecule has 0 atom stereocenters. The predicted octanol–water partition coefficient (Wildman–Crippen LogP) is 4.12. The number of rotatable bonds is 4. The summed E-state index contributed by atoms with van der Waals surface area (Å²) in [7, 11) is 0. The third-order valence-corrected chi connectivity index (χ3v) is 2.73. The standard InChI is InChI=1S/C14H21/c1-11(2)14(12(3)4)10-13-8-6-5-7-9-13/h5-9,11-12H,10H2,1-4H3. The molecule has 0 aromatic heterocycles. The number of hydrogen-bond acceptors (Lipinski definition) is 0. The van der Waals surface area contributed by atoms with Crippen LogP contribution in [0.5, 0.6) is 0 Å². The van der Waals surface area contributed by atoms with E-state index < -0.39 is 0 Å². The van der Waals surface area contributed by atoms with Gasteiger partial charge in [0.05, 0.1) is 0 Å². The first-order valence-corrected chi connectivity index (χ1v) is 5.50. The van der Waals surface area contributed by atoms with E-state index in [1.807, 2.05) is 0 Å². The maximum absolute atomic E-state index is 2.29. The SMILES string of the molecule is CC(C)[C](Cc1ccccc1)C(C)C. The van der Waals surface area contributed by atoms with Crippen molar-refractivity contribution < 1.29 is 0 Å². The fraction of sp³-hybridized carbons (Fsp3) is 0.500. The molecule has 0 amide bonds. The molecule has 0 saturated carbocycles. The van der Waals surface area contributed by atoms with Gasteiger partial charge in [0.15, 0.2) is 0 Å². The minimum atomic E-state index is 0.690. The Bertz CT molecular complexity index is 238. The van der Waals surface area contributed by atoms with Crippen LogP contribution in [0.2, 0.25) is 0 Å². The highest BCUT2D eigenvalue weighted by Crippen LogP contribution is 2.26. The molecular formula is C14H21. The highest BCUT2D eigenvalue weighted by Gasteiger charge is 2.18. The minimum Gasteiger partial charge on any atom is -0.0622 e. The zero-order valence-electron chi connectivity index (χ0n) is 9.75. The second kappa shape index (κ2) is 5.19. The second-order valence-corrected chi connectivity index (χ2v) is 4.55. The van der Waals surface area contributed by atoms with Crippen molar-refractivity contribution in [3.05, 3.63) is 41.8 Å². The molecular weight excluding hydrogens is 168 g/mol. The van der Waals surface area contributed by atoms with Crippen molar-refractivity contribution in [2.45, 2.75) is 34.1 Å². The third kappa shape index (κ3) is 3.17. The van der Waals surface area contributed by atoms with Gasteiger partial charge in [0.2, 0.25) is 0 Å². The molecule has 0 unspecified atom stereocenters. The molecule has 0 fully saturated rings. The van der Waals surface area contributed by atoms with Crippen LogP contribution in [-0.4, -0.2) is 0 Å². The lowest BCUT2D eigenvalue weighted by atomic mass is 9.81. The molecule has 1 aromatic rings. The van der Waals surface area contributed by atoms with Crippen molar-refractivity contribution >= 4 is 0 Å². The summed E-state index contributed by atoms with van der Waals surface area (Å²) >= 11 is 0. The van der Waals surface area contributed by atoms with Crippen LogP contribution in [-0.2, 0) is 6.42 Å². The Kier molecular flexibility index (Phi) is 4.19. The first-order chi connectivity index (χ1) is 6.61. The highest BCUT2D eigenvalue weighted by atomic mass is 14.2. The molecule has 0 saturated heterocycles. The fourth-order valence-electron chi connectivity index (χ4n) is 1.91. The van der Waals surface area contributed by atoms with Crippen LogP contribution in [0.3, 0.4) is 0 Å². The number of benzene rings is 1. The van der Waals surface area contributed by atoms with E-state index in [-0.39, 0.29) is 0 Å². The van der Waals surface area contributed by atoms with Crippen molar-refractivity contribution in [1.29, 1.82) is 0 Å². The topological polar surface area (TPSA) is 0 Å². The van der Waals surface area contributed by atoms with Gasteiger partial charge in [0.1, 0.15) is 0 Å². The Morgan fingerprint density at radius 1 is 0.929 bits per heavy atom. The van der Waals surface area contributed by atoms with Crippen molar-refractivity contribution in [3.63, 3.8) is 0 Å². The van der Waals surface area contributed by atoms with E-state index >= 15 is 0 Å².